The van der Waals surface area contributed by atoms with Crippen molar-refractivity contribution >= 4 is 5.84 Å². The maximum absolute atomic E-state index is 8.58. The van der Waals surface area contributed by atoms with Gasteiger partial charge in [-0.3, -0.25) is 4.68 Å². The number of nitrogens with zero attached hydrogens (tertiary/aromatic N) is 3. The zero-order valence-electron chi connectivity index (χ0n) is 8.61. The number of aromatic nitrogens is 2. The Labute approximate surface area is 92.8 Å². The second-order valence-corrected chi connectivity index (χ2v) is 3.39. The predicted octanol–water partition coefficient (Wildman–Crippen LogP) is 1.03. The summed E-state index contributed by atoms with van der Waals surface area (Å²) in [5.74, 6) is 0.113. The molecule has 0 fully saturated rings. The van der Waals surface area contributed by atoms with E-state index >= 15 is 0 Å². The summed E-state index contributed by atoms with van der Waals surface area (Å²) in [7, 11) is 0. The fraction of sp³-hybridized carbons (Fsp3) is 0.0909. The van der Waals surface area contributed by atoms with Crippen molar-refractivity contribution in [1.29, 1.82) is 0 Å². The van der Waals surface area contributed by atoms with Crippen LogP contribution in [0.25, 0.3) is 0 Å². The molecule has 0 amide bonds. The van der Waals surface area contributed by atoms with Crippen LogP contribution in [-0.2, 0) is 6.54 Å². The van der Waals surface area contributed by atoms with Crippen LogP contribution in [0.1, 0.15) is 11.1 Å². The van der Waals surface area contributed by atoms with E-state index in [2.05, 4.69) is 10.3 Å². The van der Waals surface area contributed by atoms with Gasteiger partial charge in [-0.1, -0.05) is 23.4 Å². The summed E-state index contributed by atoms with van der Waals surface area (Å²) < 4.78 is 1.81. The molecule has 3 N–H and O–H groups in total. The first-order valence-electron chi connectivity index (χ1n) is 4.84. The topological polar surface area (TPSA) is 76.4 Å². The lowest BCUT2D eigenvalue weighted by Gasteiger charge is -2.04. The molecule has 0 spiro atoms. The third-order valence-corrected chi connectivity index (χ3v) is 2.23. The average molecular weight is 216 g/mol. The van der Waals surface area contributed by atoms with Gasteiger partial charge >= 0.3 is 0 Å². The molecule has 1 aromatic carbocycles. The van der Waals surface area contributed by atoms with Gasteiger partial charge in [-0.25, -0.2) is 0 Å². The van der Waals surface area contributed by atoms with Crippen LogP contribution in [0.5, 0.6) is 0 Å². The van der Waals surface area contributed by atoms with Gasteiger partial charge in [-0.05, 0) is 17.7 Å². The molecule has 0 radical (unpaired) electrons. The molecular weight excluding hydrogens is 204 g/mol. The third-order valence-electron chi connectivity index (χ3n) is 2.23. The fourth-order valence-corrected chi connectivity index (χ4v) is 1.47. The quantitative estimate of drug-likeness (QED) is 0.348. The Morgan fingerprint density at radius 3 is 3.00 bits per heavy atom. The molecule has 0 saturated heterocycles. The minimum atomic E-state index is 0.113. The predicted molar refractivity (Wildman–Crippen MR) is 60.3 cm³/mol. The molecule has 5 nitrogen and oxygen atoms in total. The molecule has 82 valence electrons. The lowest BCUT2D eigenvalue weighted by molar-refractivity contribution is 0.318. The van der Waals surface area contributed by atoms with E-state index < -0.39 is 0 Å². The van der Waals surface area contributed by atoms with Crippen molar-refractivity contribution in [3.63, 3.8) is 0 Å². The van der Waals surface area contributed by atoms with Crippen LogP contribution in [-0.4, -0.2) is 20.8 Å². The summed E-state index contributed by atoms with van der Waals surface area (Å²) in [6, 6.07) is 9.37. The van der Waals surface area contributed by atoms with E-state index in [1.54, 1.807) is 12.3 Å². The SMILES string of the molecule is N/C(=N\O)c1cccc(Cn2cccn2)c1. The molecule has 0 aliphatic heterocycles. The van der Waals surface area contributed by atoms with Crippen LogP contribution in [0.3, 0.4) is 0 Å². The summed E-state index contributed by atoms with van der Waals surface area (Å²) in [5, 5.41) is 15.7. The minimum Gasteiger partial charge on any atom is -0.409 e. The van der Waals surface area contributed by atoms with Crippen LogP contribution in [0.15, 0.2) is 47.9 Å². The summed E-state index contributed by atoms with van der Waals surface area (Å²) in [4.78, 5) is 0. The van der Waals surface area contributed by atoms with Crippen molar-refractivity contribution in [3.05, 3.63) is 53.9 Å². The molecule has 1 heterocycles. The van der Waals surface area contributed by atoms with E-state index in [4.69, 9.17) is 10.9 Å². The van der Waals surface area contributed by atoms with Crippen molar-refractivity contribution in [2.24, 2.45) is 10.9 Å². The van der Waals surface area contributed by atoms with Crippen molar-refractivity contribution in [2.75, 3.05) is 0 Å². The summed E-state index contributed by atoms with van der Waals surface area (Å²) >= 11 is 0. The smallest absolute Gasteiger partial charge is 0.170 e. The van der Waals surface area contributed by atoms with Crippen LogP contribution < -0.4 is 5.73 Å². The molecule has 0 atom stereocenters. The lowest BCUT2D eigenvalue weighted by atomic mass is 10.1. The molecule has 0 bridgehead atoms. The Balaban J connectivity index is 2.23. The van der Waals surface area contributed by atoms with Crippen LogP contribution in [0, 0.1) is 0 Å². The van der Waals surface area contributed by atoms with Gasteiger partial charge < -0.3 is 10.9 Å². The number of amidine groups is 1. The maximum atomic E-state index is 8.58. The Bertz CT molecular complexity index is 490. The van der Waals surface area contributed by atoms with E-state index in [0.29, 0.717) is 12.1 Å². The molecule has 2 aromatic rings. The van der Waals surface area contributed by atoms with E-state index in [1.165, 1.54) is 0 Å². The molecule has 0 aliphatic rings. The van der Waals surface area contributed by atoms with Crippen LogP contribution in [0.4, 0.5) is 0 Å². The largest absolute Gasteiger partial charge is 0.409 e. The number of hydrogen-bond donors (Lipinski definition) is 2. The molecule has 2 rings (SSSR count). The van der Waals surface area contributed by atoms with E-state index in [1.807, 2.05) is 35.1 Å². The highest BCUT2D eigenvalue weighted by atomic mass is 16.4. The van der Waals surface area contributed by atoms with E-state index in [0.717, 1.165) is 5.56 Å². The number of nitrogens with two attached hydrogens (primary N) is 1. The minimum absolute atomic E-state index is 0.113. The van der Waals surface area contributed by atoms with Gasteiger partial charge in [0.25, 0.3) is 0 Å². The molecule has 0 saturated carbocycles. The second-order valence-electron chi connectivity index (χ2n) is 3.39. The highest BCUT2D eigenvalue weighted by Crippen LogP contribution is 2.06. The fourth-order valence-electron chi connectivity index (χ4n) is 1.47. The first kappa shape index (κ1) is 10.2. The first-order valence-corrected chi connectivity index (χ1v) is 4.84. The number of rotatable bonds is 3. The Morgan fingerprint density at radius 2 is 2.31 bits per heavy atom. The highest BCUT2D eigenvalue weighted by Gasteiger charge is 2.01. The zero-order valence-corrected chi connectivity index (χ0v) is 8.61. The van der Waals surface area contributed by atoms with Gasteiger partial charge in [0.1, 0.15) is 0 Å². The van der Waals surface area contributed by atoms with E-state index in [-0.39, 0.29) is 5.84 Å². The molecule has 1 aromatic heterocycles. The average Bonchev–Trinajstić information content (AvgIpc) is 2.81. The van der Waals surface area contributed by atoms with Gasteiger partial charge in [0, 0.05) is 18.0 Å². The second kappa shape index (κ2) is 4.48. The van der Waals surface area contributed by atoms with Crippen LogP contribution in [0.2, 0.25) is 0 Å². The highest BCUT2D eigenvalue weighted by molar-refractivity contribution is 5.97. The first-order chi connectivity index (χ1) is 7.79. The molecule has 5 heteroatoms. The van der Waals surface area contributed by atoms with Gasteiger partial charge in [0.2, 0.25) is 0 Å². The van der Waals surface area contributed by atoms with Crippen molar-refractivity contribution in [2.45, 2.75) is 6.54 Å². The molecule has 0 unspecified atom stereocenters. The molecule has 0 aliphatic carbocycles. The molecule has 16 heavy (non-hydrogen) atoms. The maximum Gasteiger partial charge on any atom is 0.170 e. The zero-order chi connectivity index (χ0) is 11.4. The number of benzene rings is 1. The van der Waals surface area contributed by atoms with Crippen molar-refractivity contribution < 1.29 is 5.21 Å². The normalized spacial score (nSPS) is 11.6. The van der Waals surface area contributed by atoms with Gasteiger partial charge in [-0.15, -0.1) is 0 Å². The summed E-state index contributed by atoms with van der Waals surface area (Å²) in [5.41, 5.74) is 7.26. The van der Waals surface area contributed by atoms with Crippen molar-refractivity contribution in [1.82, 2.24) is 9.78 Å². The van der Waals surface area contributed by atoms with Gasteiger partial charge in [0.15, 0.2) is 5.84 Å². The van der Waals surface area contributed by atoms with Crippen molar-refractivity contribution in [3.8, 4) is 0 Å². The number of hydrogen-bond acceptors (Lipinski definition) is 3. The van der Waals surface area contributed by atoms with Gasteiger partial charge in [-0.2, -0.15) is 5.10 Å². The summed E-state index contributed by atoms with van der Waals surface area (Å²) in [6.07, 6.45) is 3.61. The monoisotopic (exact) mass is 216 g/mol. The lowest BCUT2D eigenvalue weighted by Crippen LogP contribution is -2.13. The Kier molecular flexibility index (Phi) is 2.86. The van der Waals surface area contributed by atoms with E-state index in [9.17, 15) is 0 Å². The Morgan fingerprint density at radius 1 is 1.44 bits per heavy atom. The number of oxime groups is 1. The third kappa shape index (κ3) is 2.20. The Hall–Kier alpha value is -2.30. The van der Waals surface area contributed by atoms with Gasteiger partial charge in [0.05, 0.1) is 6.54 Å². The van der Waals surface area contributed by atoms with Crippen LogP contribution >= 0.6 is 0 Å². The standard InChI is InChI=1S/C11H12N4O/c12-11(14-16)10-4-1-3-9(7-10)8-15-6-2-5-13-15/h1-7,16H,8H2,(H2,12,14). The summed E-state index contributed by atoms with van der Waals surface area (Å²) in [6.45, 7) is 0.666. The molecular formula is C11H12N4O.